The van der Waals surface area contributed by atoms with Gasteiger partial charge in [0.15, 0.2) is 5.13 Å². The number of carbonyl (C=O) groups is 1. The van der Waals surface area contributed by atoms with E-state index in [1.54, 1.807) is 30.5 Å². The van der Waals surface area contributed by atoms with Gasteiger partial charge in [-0.2, -0.15) is 13.2 Å². The van der Waals surface area contributed by atoms with Gasteiger partial charge in [-0.1, -0.05) is 6.07 Å². The van der Waals surface area contributed by atoms with Crippen molar-refractivity contribution in [1.29, 1.82) is 0 Å². The lowest BCUT2D eigenvalue weighted by atomic mass is 10.0. The van der Waals surface area contributed by atoms with Crippen LogP contribution in [-0.2, 0) is 10.9 Å². The van der Waals surface area contributed by atoms with E-state index >= 15 is 0 Å². The minimum absolute atomic E-state index is 0.0428. The SMILES string of the molecule is Cc1cnc(NC(=O)c2cccc3[nH]c(-c4ccc(N5CCOCC5)cc4C(F)(F)F)nc23)s1. The van der Waals surface area contributed by atoms with Gasteiger partial charge in [-0.3, -0.25) is 10.1 Å². The molecular weight excluding hydrogens is 467 g/mol. The number of benzene rings is 2. The highest BCUT2D eigenvalue weighted by atomic mass is 32.1. The molecule has 3 heterocycles. The number of fused-ring (bicyclic) bond motifs is 1. The Morgan fingerprint density at radius 2 is 2.00 bits per heavy atom. The molecule has 7 nitrogen and oxygen atoms in total. The molecule has 1 aliphatic heterocycles. The Morgan fingerprint density at radius 1 is 1.21 bits per heavy atom. The molecule has 2 aromatic carbocycles. The van der Waals surface area contributed by atoms with E-state index in [1.807, 2.05) is 11.8 Å². The quantitative estimate of drug-likeness (QED) is 0.418. The smallest absolute Gasteiger partial charge is 0.378 e. The number of H-pyrrole nitrogens is 1. The zero-order valence-corrected chi connectivity index (χ0v) is 18.9. The molecule has 1 fully saturated rings. The molecule has 0 unspecified atom stereocenters. The van der Waals surface area contributed by atoms with E-state index in [0.29, 0.717) is 42.6 Å². The number of ether oxygens (including phenoxy) is 1. The number of amides is 1. The van der Waals surface area contributed by atoms with Gasteiger partial charge in [0, 0.05) is 35.4 Å². The second-order valence-electron chi connectivity index (χ2n) is 7.84. The van der Waals surface area contributed by atoms with Crippen LogP contribution in [0.15, 0.2) is 42.6 Å². The van der Waals surface area contributed by atoms with Crippen LogP contribution in [-0.4, -0.2) is 47.2 Å². The zero-order valence-electron chi connectivity index (χ0n) is 18.1. The molecule has 0 saturated carbocycles. The maximum absolute atomic E-state index is 14.0. The van der Waals surface area contributed by atoms with Crippen LogP contribution in [0.4, 0.5) is 24.0 Å². The molecule has 5 rings (SSSR count). The number of morpholine rings is 1. The van der Waals surface area contributed by atoms with Gasteiger partial charge < -0.3 is 14.6 Å². The van der Waals surface area contributed by atoms with Crippen LogP contribution in [0.25, 0.3) is 22.4 Å². The Hall–Kier alpha value is -3.44. The van der Waals surface area contributed by atoms with Gasteiger partial charge in [-0.25, -0.2) is 9.97 Å². The van der Waals surface area contributed by atoms with Crippen molar-refractivity contribution in [2.75, 3.05) is 36.5 Å². The Morgan fingerprint density at radius 3 is 2.71 bits per heavy atom. The molecule has 4 aromatic rings. The number of hydrogen-bond acceptors (Lipinski definition) is 6. The van der Waals surface area contributed by atoms with E-state index < -0.39 is 17.6 Å². The molecule has 1 saturated heterocycles. The Labute approximate surface area is 196 Å². The van der Waals surface area contributed by atoms with E-state index in [-0.39, 0.29) is 22.5 Å². The van der Waals surface area contributed by atoms with Gasteiger partial charge in [-0.05, 0) is 37.3 Å². The largest absolute Gasteiger partial charge is 0.417 e. The molecule has 0 radical (unpaired) electrons. The first-order valence-electron chi connectivity index (χ1n) is 10.6. The molecule has 0 aliphatic carbocycles. The third-order valence-corrected chi connectivity index (χ3v) is 6.37. The standard InChI is InChI=1S/C23H20F3N5O2S/c1-13-12-27-22(34-13)30-21(32)16-3-2-4-18-19(16)29-20(28-18)15-6-5-14(11-17(15)23(24,25)26)31-7-9-33-10-8-31/h2-6,11-12H,7-10H2,1H3,(H,28,29)(H,27,30,32). The average Bonchev–Trinajstić information content (AvgIpc) is 3.44. The molecule has 0 atom stereocenters. The molecular formula is C23H20F3N5O2S. The van der Waals surface area contributed by atoms with Crippen molar-refractivity contribution in [3.8, 4) is 11.4 Å². The lowest BCUT2D eigenvalue weighted by molar-refractivity contribution is -0.137. The van der Waals surface area contributed by atoms with Gasteiger partial charge in [0.25, 0.3) is 5.91 Å². The fourth-order valence-electron chi connectivity index (χ4n) is 3.91. The first-order valence-corrected chi connectivity index (χ1v) is 11.4. The predicted molar refractivity (Wildman–Crippen MR) is 124 cm³/mol. The Bertz CT molecular complexity index is 1360. The number of imidazole rings is 1. The number of thiazole rings is 1. The predicted octanol–water partition coefficient (Wildman–Crippen LogP) is 5.10. The molecule has 2 N–H and O–H groups in total. The number of para-hydroxylation sites is 1. The van der Waals surface area contributed by atoms with Crippen LogP contribution < -0.4 is 10.2 Å². The van der Waals surface area contributed by atoms with Crippen molar-refractivity contribution in [3.05, 3.63) is 58.6 Å². The minimum atomic E-state index is -4.58. The number of anilines is 2. The number of aryl methyl sites for hydroxylation is 1. The highest BCUT2D eigenvalue weighted by molar-refractivity contribution is 7.15. The van der Waals surface area contributed by atoms with Crippen LogP contribution in [0.2, 0.25) is 0 Å². The van der Waals surface area contributed by atoms with Crippen LogP contribution in [0, 0.1) is 6.92 Å². The van der Waals surface area contributed by atoms with E-state index in [9.17, 15) is 18.0 Å². The summed E-state index contributed by atoms with van der Waals surface area (Å²) in [4.78, 5) is 27.1. The van der Waals surface area contributed by atoms with E-state index in [0.717, 1.165) is 10.9 Å². The summed E-state index contributed by atoms with van der Waals surface area (Å²) in [6, 6.07) is 9.12. The second kappa shape index (κ2) is 8.73. The summed E-state index contributed by atoms with van der Waals surface area (Å²) < 4.78 is 47.4. The average molecular weight is 488 g/mol. The lowest BCUT2D eigenvalue weighted by Crippen LogP contribution is -2.36. The summed E-state index contributed by atoms with van der Waals surface area (Å²) in [7, 11) is 0. The summed E-state index contributed by atoms with van der Waals surface area (Å²) in [5.74, 6) is -0.391. The monoisotopic (exact) mass is 487 g/mol. The molecule has 176 valence electrons. The fourth-order valence-corrected chi connectivity index (χ4v) is 4.57. The zero-order chi connectivity index (χ0) is 23.9. The molecule has 0 bridgehead atoms. The molecule has 0 spiro atoms. The number of hydrogen-bond donors (Lipinski definition) is 2. The number of aromatic nitrogens is 3. The molecule has 2 aromatic heterocycles. The maximum Gasteiger partial charge on any atom is 0.417 e. The number of rotatable bonds is 4. The van der Waals surface area contributed by atoms with E-state index in [4.69, 9.17) is 4.74 Å². The van der Waals surface area contributed by atoms with Crippen LogP contribution in [0.3, 0.4) is 0 Å². The van der Waals surface area contributed by atoms with E-state index in [2.05, 4.69) is 20.3 Å². The normalized spacial score (nSPS) is 14.5. The van der Waals surface area contributed by atoms with Crippen LogP contribution in [0.1, 0.15) is 20.8 Å². The minimum Gasteiger partial charge on any atom is -0.378 e. The maximum atomic E-state index is 14.0. The van der Waals surface area contributed by atoms with Gasteiger partial charge in [-0.15, -0.1) is 11.3 Å². The Balaban J connectivity index is 1.54. The van der Waals surface area contributed by atoms with Crippen molar-refractivity contribution in [2.45, 2.75) is 13.1 Å². The summed E-state index contributed by atoms with van der Waals surface area (Å²) in [6.45, 7) is 3.86. The van der Waals surface area contributed by atoms with Crippen LogP contribution in [0.5, 0.6) is 0 Å². The summed E-state index contributed by atoms with van der Waals surface area (Å²) >= 11 is 1.33. The summed E-state index contributed by atoms with van der Waals surface area (Å²) in [5, 5.41) is 3.16. The Kier molecular flexibility index (Phi) is 5.74. The number of nitrogens with one attached hydrogen (secondary N) is 2. The summed E-state index contributed by atoms with van der Waals surface area (Å²) in [5.41, 5.74) is 0.597. The van der Waals surface area contributed by atoms with Gasteiger partial charge in [0.1, 0.15) is 11.3 Å². The first kappa shape index (κ1) is 22.4. The van der Waals surface area contributed by atoms with Crippen molar-refractivity contribution in [1.82, 2.24) is 15.0 Å². The van der Waals surface area contributed by atoms with Gasteiger partial charge in [0.2, 0.25) is 0 Å². The van der Waals surface area contributed by atoms with Crippen molar-refractivity contribution in [2.24, 2.45) is 0 Å². The number of nitrogens with zero attached hydrogens (tertiary/aromatic N) is 3. The third-order valence-electron chi connectivity index (χ3n) is 5.54. The number of alkyl halides is 3. The number of carbonyl (C=O) groups excluding carboxylic acids is 1. The van der Waals surface area contributed by atoms with E-state index in [1.165, 1.54) is 17.4 Å². The molecule has 1 aliphatic rings. The van der Waals surface area contributed by atoms with Crippen molar-refractivity contribution >= 4 is 39.1 Å². The fraction of sp³-hybridized carbons (Fsp3) is 0.261. The molecule has 1 amide bonds. The van der Waals surface area contributed by atoms with Gasteiger partial charge >= 0.3 is 6.18 Å². The molecule has 34 heavy (non-hydrogen) atoms. The highest BCUT2D eigenvalue weighted by Gasteiger charge is 2.35. The van der Waals surface area contributed by atoms with Crippen molar-refractivity contribution < 1.29 is 22.7 Å². The van der Waals surface area contributed by atoms with Gasteiger partial charge in [0.05, 0.1) is 29.9 Å². The lowest BCUT2D eigenvalue weighted by Gasteiger charge is -2.29. The highest BCUT2D eigenvalue weighted by Crippen LogP contribution is 2.39. The topological polar surface area (TPSA) is 83.1 Å². The molecule has 11 heteroatoms. The number of halogens is 3. The summed E-state index contributed by atoms with van der Waals surface area (Å²) in [6.07, 6.45) is -2.94. The first-order chi connectivity index (χ1) is 16.3. The van der Waals surface area contributed by atoms with Crippen LogP contribution >= 0.6 is 11.3 Å². The number of aromatic amines is 1. The third kappa shape index (κ3) is 4.36. The second-order valence-corrected chi connectivity index (χ2v) is 9.08. The van der Waals surface area contributed by atoms with Crippen molar-refractivity contribution in [3.63, 3.8) is 0 Å².